The van der Waals surface area contributed by atoms with Gasteiger partial charge in [0, 0.05) is 11.7 Å². The lowest BCUT2D eigenvalue weighted by Gasteiger charge is -2.32. The molecule has 1 aliphatic carbocycles. The van der Waals surface area contributed by atoms with Gasteiger partial charge >= 0.3 is 0 Å². The summed E-state index contributed by atoms with van der Waals surface area (Å²) in [4.78, 5) is 0.285. The van der Waals surface area contributed by atoms with E-state index < -0.39 is 10.0 Å². The Hall–Kier alpha value is -1.07. The van der Waals surface area contributed by atoms with Crippen molar-refractivity contribution < 1.29 is 8.42 Å². The summed E-state index contributed by atoms with van der Waals surface area (Å²) in [6, 6.07) is 6.37. The van der Waals surface area contributed by atoms with Crippen LogP contribution in [0.3, 0.4) is 0 Å². The van der Waals surface area contributed by atoms with E-state index in [1.165, 1.54) is 0 Å². The van der Waals surface area contributed by atoms with Gasteiger partial charge in [0.15, 0.2) is 0 Å². The van der Waals surface area contributed by atoms with E-state index in [-0.39, 0.29) is 10.9 Å². The number of hydrogen-bond acceptors (Lipinski definition) is 3. The highest BCUT2D eigenvalue weighted by atomic mass is 32.2. The maximum atomic E-state index is 12.2. The van der Waals surface area contributed by atoms with Gasteiger partial charge in [0.05, 0.1) is 4.90 Å². The molecule has 5 heteroatoms. The summed E-state index contributed by atoms with van der Waals surface area (Å²) in [5, 5.41) is 0. The molecule has 3 unspecified atom stereocenters. The molecule has 0 bridgehead atoms. The molecule has 3 atom stereocenters. The maximum absolute atomic E-state index is 12.2. The van der Waals surface area contributed by atoms with Crippen molar-refractivity contribution in [2.45, 2.75) is 44.0 Å². The number of hydrogen-bond donors (Lipinski definition) is 2. The average molecular weight is 282 g/mol. The molecule has 0 aliphatic heterocycles. The van der Waals surface area contributed by atoms with E-state index in [4.69, 9.17) is 5.73 Å². The zero-order chi connectivity index (χ0) is 14.0. The van der Waals surface area contributed by atoms with E-state index in [1.807, 2.05) is 0 Å². The Morgan fingerprint density at radius 3 is 2.32 bits per heavy atom. The minimum Gasteiger partial charge on any atom is -0.399 e. The summed E-state index contributed by atoms with van der Waals surface area (Å²) in [6.07, 6.45) is 2.91. The third-order valence-electron chi connectivity index (χ3n) is 4.11. The molecule has 0 radical (unpaired) electrons. The number of rotatable bonds is 3. The van der Waals surface area contributed by atoms with Gasteiger partial charge in [0.1, 0.15) is 0 Å². The Kier molecular flexibility index (Phi) is 4.16. The number of nitrogens with two attached hydrogens (primary N) is 1. The summed E-state index contributed by atoms with van der Waals surface area (Å²) < 4.78 is 27.3. The zero-order valence-corrected chi connectivity index (χ0v) is 12.3. The fraction of sp³-hybridized carbons (Fsp3) is 0.571. The van der Waals surface area contributed by atoms with Crippen molar-refractivity contribution in [1.29, 1.82) is 0 Å². The molecule has 3 N–H and O–H groups in total. The molecule has 2 rings (SSSR count). The Balaban J connectivity index is 2.07. The number of benzene rings is 1. The molecule has 1 aliphatic rings. The van der Waals surface area contributed by atoms with Gasteiger partial charge < -0.3 is 5.73 Å². The Morgan fingerprint density at radius 1 is 1.11 bits per heavy atom. The summed E-state index contributed by atoms with van der Waals surface area (Å²) in [5.74, 6) is 1.24. The van der Waals surface area contributed by atoms with Crippen LogP contribution in [0.15, 0.2) is 29.2 Å². The van der Waals surface area contributed by atoms with Crippen LogP contribution in [0.4, 0.5) is 5.69 Å². The van der Waals surface area contributed by atoms with Crippen LogP contribution in [0.25, 0.3) is 0 Å². The first-order valence-electron chi connectivity index (χ1n) is 6.76. The van der Waals surface area contributed by atoms with Crippen molar-refractivity contribution in [1.82, 2.24) is 4.72 Å². The predicted octanol–water partition coefficient (Wildman–Crippen LogP) is 2.37. The second kappa shape index (κ2) is 5.51. The van der Waals surface area contributed by atoms with E-state index in [9.17, 15) is 8.42 Å². The standard InChI is InChI=1S/C14H22N2O2S/c1-10-3-6-13(9-11(10)2)16-19(17,18)14-7-4-12(15)5-8-14/h4-5,7-8,10-11,13,16H,3,6,9,15H2,1-2H3. The monoisotopic (exact) mass is 282 g/mol. The largest absolute Gasteiger partial charge is 0.399 e. The van der Waals surface area contributed by atoms with Crippen LogP contribution < -0.4 is 10.5 Å². The summed E-state index contributed by atoms with van der Waals surface area (Å²) in [7, 11) is -3.42. The second-order valence-electron chi connectivity index (χ2n) is 5.65. The van der Waals surface area contributed by atoms with E-state index in [0.29, 0.717) is 17.5 Å². The fourth-order valence-electron chi connectivity index (χ4n) is 2.59. The average Bonchev–Trinajstić information content (AvgIpc) is 2.34. The van der Waals surface area contributed by atoms with Gasteiger partial charge in [0.2, 0.25) is 10.0 Å². The highest BCUT2D eigenvalue weighted by Crippen LogP contribution is 2.30. The van der Waals surface area contributed by atoms with E-state index in [2.05, 4.69) is 18.6 Å². The molecule has 0 saturated heterocycles. The molecule has 4 nitrogen and oxygen atoms in total. The number of sulfonamides is 1. The molecule has 0 amide bonds. The van der Waals surface area contributed by atoms with Gasteiger partial charge in [-0.3, -0.25) is 0 Å². The third-order valence-corrected chi connectivity index (χ3v) is 5.65. The minimum absolute atomic E-state index is 0.0498. The van der Waals surface area contributed by atoms with Gasteiger partial charge in [0.25, 0.3) is 0 Å². The summed E-state index contributed by atoms with van der Waals surface area (Å²) in [6.45, 7) is 4.42. The van der Waals surface area contributed by atoms with Crippen LogP contribution in [0, 0.1) is 11.8 Å². The van der Waals surface area contributed by atoms with Gasteiger partial charge in [-0.1, -0.05) is 13.8 Å². The zero-order valence-electron chi connectivity index (χ0n) is 11.5. The van der Waals surface area contributed by atoms with Gasteiger partial charge in [-0.15, -0.1) is 0 Å². The summed E-state index contributed by atoms with van der Waals surface area (Å²) >= 11 is 0. The highest BCUT2D eigenvalue weighted by molar-refractivity contribution is 7.89. The molecule has 19 heavy (non-hydrogen) atoms. The van der Waals surface area contributed by atoms with Crippen LogP contribution in [0.5, 0.6) is 0 Å². The smallest absolute Gasteiger partial charge is 0.240 e. The second-order valence-corrected chi connectivity index (χ2v) is 7.37. The first-order valence-corrected chi connectivity index (χ1v) is 8.24. The van der Waals surface area contributed by atoms with Crippen molar-refractivity contribution in [2.75, 3.05) is 5.73 Å². The van der Waals surface area contributed by atoms with Gasteiger partial charge in [-0.05, 0) is 55.4 Å². The Morgan fingerprint density at radius 2 is 1.74 bits per heavy atom. The molecule has 0 spiro atoms. The minimum atomic E-state index is -3.42. The first-order chi connectivity index (χ1) is 8.88. The van der Waals surface area contributed by atoms with Gasteiger partial charge in [-0.2, -0.15) is 0 Å². The number of nitrogens with one attached hydrogen (secondary N) is 1. The molecule has 1 aromatic rings. The van der Waals surface area contributed by atoms with E-state index >= 15 is 0 Å². The molecule has 0 heterocycles. The molecule has 0 aromatic heterocycles. The van der Waals surface area contributed by atoms with Crippen LogP contribution >= 0.6 is 0 Å². The topological polar surface area (TPSA) is 72.2 Å². The maximum Gasteiger partial charge on any atom is 0.240 e. The lowest BCUT2D eigenvalue weighted by molar-refractivity contribution is 0.242. The lowest BCUT2D eigenvalue weighted by Crippen LogP contribution is -2.39. The molecular weight excluding hydrogens is 260 g/mol. The normalized spacial score (nSPS) is 28.2. The number of anilines is 1. The fourth-order valence-corrected chi connectivity index (χ4v) is 3.87. The van der Waals surface area contributed by atoms with Crippen molar-refractivity contribution in [3.8, 4) is 0 Å². The molecule has 1 fully saturated rings. The molecule has 1 saturated carbocycles. The summed E-state index contributed by atoms with van der Waals surface area (Å²) in [5.41, 5.74) is 6.14. The first kappa shape index (κ1) is 14.3. The highest BCUT2D eigenvalue weighted by Gasteiger charge is 2.28. The van der Waals surface area contributed by atoms with Crippen LogP contribution in [0.2, 0.25) is 0 Å². The van der Waals surface area contributed by atoms with Crippen molar-refractivity contribution in [3.63, 3.8) is 0 Å². The van der Waals surface area contributed by atoms with Crippen LogP contribution in [-0.4, -0.2) is 14.5 Å². The molecule has 106 valence electrons. The Bertz CT molecular complexity index is 525. The predicted molar refractivity (Wildman–Crippen MR) is 77.1 cm³/mol. The van der Waals surface area contributed by atoms with Crippen molar-refractivity contribution >= 4 is 15.7 Å². The van der Waals surface area contributed by atoms with E-state index in [1.54, 1.807) is 24.3 Å². The molecule has 1 aromatic carbocycles. The van der Waals surface area contributed by atoms with Crippen LogP contribution in [0.1, 0.15) is 33.1 Å². The molecular formula is C14H22N2O2S. The van der Waals surface area contributed by atoms with Crippen LogP contribution in [-0.2, 0) is 10.0 Å². The van der Waals surface area contributed by atoms with Crippen molar-refractivity contribution in [2.24, 2.45) is 11.8 Å². The SMILES string of the molecule is CC1CCC(NS(=O)(=O)c2ccc(N)cc2)CC1C. The van der Waals surface area contributed by atoms with Gasteiger partial charge in [-0.25, -0.2) is 13.1 Å². The number of nitrogen functional groups attached to an aromatic ring is 1. The quantitative estimate of drug-likeness (QED) is 0.836. The Labute approximate surface area is 115 Å². The third kappa shape index (κ3) is 3.48. The van der Waals surface area contributed by atoms with Crippen molar-refractivity contribution in [3.05, 3.63) is 24.3 Å². The van der Waals surface area contributed by atoms with E-state index in [0.717, 1.165) is 19.3 Å². The lowest BCUT2D eigenvalue weighted by atomic mass is 9.79.